The first-order chi connectivity index (χ1) is 14.0. The van der Waals surface area contributed by atoms with Crippen LogP contribution in [0.1, 0.15) is 32.1 Å². The molecule has 0 heterocycles. The molecular weight excluding hydrogens is 386 g/mol. The van der Waals surface area contributed by atoms with Crippen LogP contribution in [0.4, 0.5) is 11.4 Å². The molecule has 6 nitrogen and oxygen atoms in total. The van der Waals surface area contributed by atoms with Crippen molar-refractivity contribution in [2.24, 2.45) is 10.2 Å². The van der Waals surface area contributed by atoms with Gasteiger partial charge in [0.2, 0.25) is 10.0 Å². The van der Waals surface area contributed by atoms with Crippen molar-refractivity contribution < 1.29 is 13.5 Å². The van der Waals surface area contributed by atoms with E-state index in [4.69, 9.17) is 0 Å². The minimum absolute atomic E-state index is 0.0162. The van der Waals surface area contributed by atoms with Crippen molar-refractivity contribution in [3.05, 3.63) is 60.7 Å². The summed E-state index contributed by atoms with van der Waals surface area (Å²) in [7, 11) is -3.54. The van der Waals surface area contributed by atoms with Gasteiger partial charge in [0, 0.05) is 11.4 Å². The number of sulfonamides is 1. The zero-order chi connectivity index (χ0) is 20.3. The summed E-state index contributed by atoms with van der Waals surface area (Å²) in [6.45, 7) is 0. The zero-order valence-electron chi connectivity index (χ0n) is 16.0. The van der Waals surface area contributed by atoms with Crippen molar-refractivity contribution in [3.8, 4) is 5.75 Å². The Morgan fingerprint density at radius 3 is 2.34 bits per heavy atom. The highest BCUT2D eigenvalue weighted by Gasteiger charge is 2.21. The van der Waals surface area contributed by atoms with E-state index in [0.717, 1.165) is 36.5 Å². The van der Waals surface area contributed by atoms with Crippen LogP contribution < -0.4 is 4.72 Å². The summed E-state index contributed by atoms with van der Waals surface area (Å²) >= 11 is 0. The number of benzene rings is 3. The standard InChI is InChI=1S/C22H23N3O3S/c26-21-15-10-16-6-4-5-9-20(16)22(21)24-23-17-11-13-19(14-12-17)29(27,28)25-18-7-2-1-3-8-18/h4-6,9-15,18,25-26H,1-3,7-8H2. The lowest BCUT2D eigenvalue weighted by Gasteiger charge is -2.22. The van der Waals surface area contributed by atoms with E-state index in [1.165, 1.54) is 18.6 Å². The number of hydrogen-bond donors (Lipinski definition) is 2. The van der Waals surface area contributed by atoms with Crippen LogP contribution in [0.5, 0.6) is 5.75 Å². The van der Waals surface area contributed by atoms with Crippen LogP contribution in [-0.4, -0.2) is 19.6 Å². The predicted molar refractivity (Wildman–Crippen MR) is 113 cm³/mol. The van der Waals surface area contributed by atoms with Gasteiger partial charge in [0.15, 0.2) is 0 Å². The summed E-state index contributed by atoms with van der Waals surface area (Å²) < 4.78 is 28.0. The molecule has 1 aliphatic carbocycles. The van der Waals surface area contributed by atoms with Crippen LogP contribution in [0.3, 0.4) is 0 Å². The fourth-order valence-electron chi connectivity index (χ4n) is 3.66. The van der Waals surface area contributed by atoms with Gasteiger partial charge in [-0.25, -0.2) is 13.1 Å². The van der Waals surface area contributed by atoms with Gasteiger partial charge in [0.1, 0.15) is 11.4 Å². The van der Waals surface area contributed by atoms with Crippen molar-refractivity contribution in [1.29, 1.82) is 0 Å². The number of phenolic OH excluding ortho intramolecular Hbond substituents is 1. The maximum Gasteiger partial charge on any atom is 0.240 e. The molecule has 0 atom stereocenters. The van der Waals surface area contributed by atoms with E-state index < -0.39 is 10.0 Å². The lowest BCUT2D eigenvalue weighted by atomic mass is 9.96. The summed E-state index contributed by atoms with van der Waals surface area (Å²) in [5.74, 6) is 0.0447. The van der Waals surface area contributed by atoms with Crippen LogP contribution >= 0.6 is 0 Å². The van der Waals surface area contributed by atoms with Gasteiger partial charge in [-0.3, -0.25) is 0 Å². The van der Waals surface area contributed by atoms with Crippen molar-refractivity contribution in [2.75, 3.05) is 0 Å². The maximum atomic E-state index is 12.6. The predicted octanol–water partition coefficient (Wildman–Crippen LogP) is 5.57. The molecular formula is C22H23N3O3S. The van der Waals surface area contributed by atoms with Crippen molar-refractivity contribution in [2.45, 2.75) is 43.0 Å². The third-order valence-corrected chi connectivity index (χ3v) is 6.76. The topological polar surface area (TPSA) is 91.1 Å². The second-order valence-electron chi connectivity index (χ2n) is 7.30. The van der Waals surface area contributed by atoms with Gasteiger partial charge < -0.3 is 5.11 Å². The zero-order valence-corrected chi connectivity index (χ0v) is 16.8. The van der Waals surface area contributed by atoms with Gasteiger partial charge in [-0.2, -0.15) is 5.11 Å². The molecule has 3 aromatic carbocycles. The SMILES string of the molecule is O=S(=O)(NC1CCCCC1)c1ccc(N=Nc2c(O)ccc3ccccc23)cc1. The molecule has 0 bridgehead atoms. The molecule has 1 saturated carbocycles. The molecule has 1 aliphatic rings. The molecule has 150 valence electrons. The van der Waals surface area contributed by atoms with E-state index >= 15 is 0 Å². The molecule has 0 saturated heterocycles. The summed E-state index contributed by atoms with van der Waals surface area (Å²) in [4.78, 5) is 0.218. The van der Waals surface area contributed by atoms with E-state index in [1.807, 2.05) is 30.3 Å². The average molecular weight is 410 g/mol. The molecule has 0 amide bonds. The van der Waals surface area contributed by atoms with Crippen LogP contribution in [0.25, 0.3) is 10.8 Å². The van der Waals surface area contributed by atoms with Crippen LogP contribution in [0.15, 0.2) is 75.8 Å². The smallest absolute Gasteiger partial charge is 0.240 e. The number of rotatable bonds is 5. The minimum Gasteiger partial charge on any atom is -0.506 e. The number of nitrogens with one attached hydrogen (secondary N) is 1. The fourth-order valence-corrected chi connectivity index (χ4v) is 4.96. The molecule has 1 fully saturated rings. The molecule has 0 unspecified atom stereocenters. The Hall–Kier alpha value is -2.77. The first-order valence-electron chi connectivity index (χ1n) is 9.78. The van der Waals surface area contributed by atoms with E-state index in [2.05, 4.69) is 15.0 Å². The fraction of sp³-hybridized carbons (Fsp3) is 0.273. The lowest BCUT2D eigenvalue weighted by Crippen LogP contribution is -2.36. The van der Waals surface area contributed by atoms with Gasteiger partial charge in [0.25, 0.3) is 0 Å². The Labute approximate surface area is 170 Å². The van der Waals surface area contributed by atoms with Gasteiger partial charge in [-0.15, -0.1) is 5.11 Å². The van der Waals surface area contributed by atoms with Crippen LogP contribution in [0, 0.1) is 0 Å². The normalized spacial score (nSPS) is 15.9. The summed E-state index contributed by atoms with van der Waals surface area (Å²) in [6.07, 6.45) is 5.07. The molecule has 0 aromatic heterocycles. The molecule has 29 heavy (non-hydrogen) atoms. The van der Waals surface area contributed by atoms with Crippen molar-refractivity contribution in [3.63, 3.8) is 0 Å². The highest BCUT2D eigenvalue weighted by Crippen LogP contribution is 2.36. The van der Waals surface area contributed by atoms with Gasteiger partial charge in [0.05, 0.1) is 10.6 Å². The average Bonchev–Trinajstić information content (AvgIpc) is 2.74. The third-order valence-electron chi connectivity index (χ3n) is 5.22. The first-order valence-corrected chi connectivity index (χ1v) is 11.3. The quantitative estimate of drug-likeness (QED) is 0.540. The van der Waals surface area contributed by atoms with Gasteiger partial charge >= 0.3 is 0 Å². The second-order valence-corrected chi connectivity index (χ2v) is 9.02. The van der Waals surface area contributed by atoms with E-state index in [0.29, 0.717) is 11.4 Å². The number of nitrogens with zero attached hydrogens (tertiary/aromatic N) is 2. The largest absolute Gasteiger partial charge is 0.506 e. The van der Waals surface area contributed by atoms with Gasteiger partial charge in [-0.1, -0.05) is 49.6 Å². The van der Waals surface area contributed by atoms with Crippen LogP contribution in [0.2, 0.25) is 0 Å². The monoisotopic (exact) mass is 409 g/mol. The molecule has 7 heteroatoms. The van der Waals surface area contributed by atoms with E-state index in [9.17, 15) is 13.5 Å². The molecule has 0 aliphatic heterocycles. The summed E-state index contributed by atoms with van der Waals surface area (Å²) in [5.41, 5.74) is 0.896. The minimum atomic E-state index is -3.54. The second kappa shape index (κ2) is 8.31. The Bertz CT molecular complexity index is 1140. The Balaban J connectivity index is 1.53. The summed E-state index contributed by atoms with van der Waals surface area (Å²) in [6, 6.07) is 17.3. The third kappa shape index (κ3) is 4.46. The maximum absolute atomic E-state index is 12.6. The molecule has 2 N–H and O–H groups in total. The molecule has 4 rings (SSSR count). The Kier molecular flexibility index (Phi) is 5.60. The summed E-state index contributed by atoms with van der Waals surface area (Å²) in [5, 5.41) is 20.3. The van der Waals surface area contributed by atoms with E-state index in [1.54, 1.807) is 18.2 Å². The number of fused-ring (bicyclic) bond motifs is 1. The molecule has 3 aromatic rings. The Morgan fingerprint density at radius 1 is 0.862 bits per heavy atom. The molecule has 0 spiro atoms. The number of azo groups is 1. The number of phenols is 1. The number of aromatic hydroxyl groups is 1. The van der Waals surface area contributed by atoms with E-state index in [-0.39, 0.29) is 16.7 Å². The highest BCUT2D eigenvalue weighted by atomic mass is 32.2. The van der Waals surface area contributed by atoms with Gasteiger partial charge in [-0.05, 0) is 48.6 Å². The lowest BCUT2D eigenvalue weighted by molar-refractivity contribution is 0.412. The van der Waals surface area contributed by atoms with Crippen LogP contribution in [-0.2, 0) is 10.0 Å². The number of hydrogen-bond acceptors (Lipinski definition) is 5. The first kappa shape index (κ1) is 19.5. The van der Waals surface area contributed by atoms with Crippen molar-refractivity contribution in [1.82, 2.24) is 4.72 Å². The highest BCUT2D eigenvalue weighted by molar-refractivity contribution is 7.89. The molecule has 0 radical (unpaired) electrons. The van der Waals surface area contributed by atoms with Crippen molar-refractivity contribution >= 4 is 32.2 Å². The Morgan fingerprint density at radius 2 is 1.59 bits per heavy atom.